The summed E-state index contributed by atoms with van der Waals surface area (Å²) in [6.07, 6.45) is 0. The van der Waals surface area contributed by atoms with Crippen LogP contribution in [0, 0.1) is 5.41 Å². The Morgan fingerprint density at radius 2 is 1.55 bits per heavy atom. The summed E-state index contributed by atoms with van der Waals surface area (Å²) < 4.78 is 11.3. The van der Waals surface area contributed by atoms with E-state index in [0.29, 0.717) is 11.3 Å². The number of hydrogen-bond acceptors (Lipinski definition) is 5. The molecule has 31 heavy (non-hydrogen) atoms. The predicted molar refractivity (Wildman–Crippen MR) is 116 cm³/mol. The topological polar surface area (TPSA) is 64.6 Å². The molecule has 5 heteroatoms. The van der Waals surface area contributed by atoms with Crippen LogP contribution >= 0.6 is 0 Å². The van der Waals surface area contributed by atoms with Crippen molar-refractivity contribution in [3.05, 3.63) is 102 Å². The SMILES string of the molecule is COC(=O)[C@H]1N[C@@H](c2ccccc2)[C@]2(COc3ccccc3C2=O)[C@@H]1c1ccccc1. The molecule has 1 N–H and O–H groups in total. The van der Waals surface area contributed by atoms with Gasteiger partial charge in [0.25, 0.3) is 0 Å². The van der Waals surface area contributed by atoms with Crippen LogP contribution in [0.1, 0.15) is 33.4 Å². The number of ether oxygens (including phenoxy) is 2. The van der Waals surface area contributed by atoms with E-state index in [9.17, 15) is 9.59 Å². The summed E-state index contributed by atoms with van der Waals surface area (Å²) in [6, 6.07) is 25.7. The third-order valence-electron chi connectivity index (χ3n) is 6.52. The van der Waals surface area contributed by atoms with Crippen molar-refractivity contribution < 1.29 is 19.1 Å². The molecule has 3 aromatic rings. The smallest absolute Gasteiger partial charge is 0.323 e. The molecule has 1 fully saturated rings. The lowest BCUT2D eigenvalue weighted by molar-refractivity contribution is -0.143. The van der Waals surface area contributed by atoms with Crippen LogP contribution in [-0.4, -0.2) is 31.5 Å². The maximum absolute atomic E-state index is 14.2. The van der Waals surface area contributed by atoms with E-state index < -0.39 is 29.4 Å². The molecule has 0 unspecified atom stereocenters. The number of hydrogen-bond donors (Lipinski definition) is 1. The lowest BCUT2D eigenvalue weighted by Gasteiger charge is -2.41. The van der Waals surface area contributed by atoms with Crippen LogP contribution in [-0.2, 0) is 9.53 Å². The molecule has 4 atom stereocenters. The maximum atomic E-state index is 14.2. The summed E-state index contributed by atoms with van der Waals surface area (Å²) in [4.78, 5) is 27.1. The van der Waals surface area contributed by atoms with E-state index >= 15 is 0 Å². The Bertz CT molecular complexity index is 1110. The van der Waals surface area contributed by atoms with Gasteiger partial charge in [-0.2, -0.15) is 0 Å². The number of benzene rings is 3. The molecule has 1 spiro atoms. The number of fused-ring (bicyclic) bond motifs is 1. The Morgan fingerprint density at radius 3 is 2.23 bits per heavy atom. The van der Waals surface area contributed by atoms with E-state index in [2.05, 4.69) is 5.32 Å². The fourth-order valence-electron chi connectivity index (χ4n) is 5.16. The molecule has 0 bridgehead atoms. The first-order chi connectivity index (χ1) is 15.2. The molecule has 0 aromatic heterocycles. The largest absolute Gasteiger partial charge is 0.492 e. The van der Waals surface area contributed by atoms with E-state index in [4.69, 9.17) is 9.47 Å². The molecule has 2 aliphatic rings. The predicted octanol–water partition coefficient (Wildman–Crippen LogP) is 3.92. The number of esters is 1. The van der Waals surface area contributed by atoms with Gasteiger partial charge in [-0.25, -0.2) is 0 Å². The number of nitrogens with one attached hydrogen (secondary N) is 1. The van der Waals surface area contributed by atoms with E-state index in [1.165, 1.54) is 7.11 Å². The Kier molecular flexibility index (Phi) is 4.83. The molecular weight excluding hydrogens is 390 g/mol. The average molecular weight is 413 g/mol. The van der Waals surface area contributed by atoms with Gasteiger partial charge in [0, 0.05) is 12.0 Å². The van der Waals surface area contributed by atoms with Crippen LogP contribution < -0.4 is 10.1 Å². The van der Waals surface area contributed by atoms with Gasteiger partial charge in [0.05, 0.1) is 18.1 Å². The summed E-state index contributed by atoms with van der Waals surface area (Å²) in [7, 11) is 1.38. The van der Waals surface area contributed by atoms with Crippen molar-refractivity contribution in [1.82, 2.24) is 5.32 Å². The third-order valence-corrected chi connectivity index (χ3v) is 6.52. The van der Waals surface area contributed by atoms with Crippen LogP contribution in [0.4, 0.5) is 0 Å². The highest BCUT2D eigenvalue weighted by atomic mass is 16.5. The lowest BCUT2D eigenvalue weighted by atomic mass is 9.62. The summed E-state index contributed by atoms with van der Waals surface area (Å²) in [5.74, 6) is -0.278. The lowest BCUT2D eigenvalue weighted by Crippen LogP contribution is -2.48. The minimum Gasteiger partial charge on any atom is -0.492 e. The maximum Gasteiger partial charge on any atom is 0.323 e. The molecule has 1 saturated heterocycles. The van der Waals surface area contributed by atoms with Gasteiger partial charge in [0.1, 0.15) is 18.4 Å². The Balaban J connectivity index is 1.75. The van der Waals surface area contributed by atoms with E-state index in [-0.39, 0.29) is 12.4 Å². The van der Waals surface area contributed by atoms with Crippen molar-refractivity contribution in [3.8, 4) is 5.75 Å². The molecule has 3 aromatic carbocycles. The Hall–Kier alpha value is -3.44. The van der Waals surface area contributed by atoms with E-state index in [0.717, 1.165) is 11.1 Å². The van der Waals surface area contributed by atoms with Gasteiger partial charge in [-0.3, -0.25) is 14.9 Å². The molecule has 0 radical (unpaired) electrons. The number of carbonyl (C=O) groups excluding carboxylic acids is 2. The van der Waals surface area contributed by atoms with Gasteiger partial charge in [-0.15, -0.1) is 0 Å². The molecule has 2 aliphatic heterocycles. The minimum atomic E-state index is -1.00. The second-order valence-corrected chi connectivity index (χ2v) is 8.05. The van der Waals surface area contributed by atoms with Crippen molar-refractivity contribution in [2.75, 3.05) is 13.7 Å². The van der Waals surface area contributed by atoms with Crippen molar-refractivity contribution >= 4 is 11.8 Å². The number of rotatable bonds is 3. The van der Waals surface area contributed by atoms with Crippen LogP contribution in [0.15, 0.2) is 84.9 Å². The first kappa shape index (κ1) is 19.5. The molecule has 0 aliphatic carbocycles. The zero-order valence-electron chi connectivity index (χ0n) is 17.2. The zero-order chi connectivity index (χ0) is 21.4. The summed E-state index contributed by atoms with van der Waals surface area (Å²) in [5.41, 5.74) is 1.38. The van der Waals surface area contributed by atoms with Crippen molar-refractivity contribution in [2.45, 2.75) is 18.0 Å². The van der Waals surface area contributed by atoms with E-state index in [1.54, 1.807) is 6.07 Å². The van der Waals surface area contributed by atoms with Gasteiger partial charge in [-0.05, 0) is 23.3 Å². The Labute approximate surface area is 181 Å². The summed E-state index contributed by atoms with van der Waals surface area (Å²) >= 11 is 0. The third kappa shape index (κ3) is 2.96. The quantitative estimate of drug-likeness (QED) is 0.660. The first-order valence-corrected chi connectivity index (χ1v) is 10.4. The number of ketones is 1. The average Bonchev–Trinajstić information content (AvgIpc) is 3.18. The van der Waals surface area contributed by atoms with Crippen molar-refractivity contribution in [3.63, 3.8) is 0 Å². The summed E-state index contributed by atoms with van der Waals surface area (Å²) in [5, 5.41) is 3.45. The molecule has 5 nitrogen and oxygen atoms in total. The zero-order valence-corrected chi connectivity index (χ0v) is 17.2. The number of para-hydroxylation sites is 1. The molecule has 156 valence electrons. The standard InChI is InChI=1S/C26H23NO4/c1-30-25(29)22-21(17-10-4-2-5-11-17)26(23(27-22)18-12-6-3-7-13-18)16-31-20-15-9-8-14-19(20)24(26)28/h2-15,21-23,27H,16H2,1H3/t21-,22+,23+,26+/m1/s1. The molecular formula is C26H23NO4. The van der Waals surface area contributed by atoms with Crippen molar-refractivity contribution in [1.29, 1.82) is 0 Å². The number of Topliss-reactive ketones (excluding diaryl/α,β-unsaturated/α-hetero) is 1. The highest BCUT2D eigenvalue weighted by Crippen LogP contribution is 2.57. The van der Waals surface area contributed by atoms with Gasteiger partial charge in [-0.1, -0.05) is 72.8 Å². The first-order valence-electron chi connectivity index (χ1n) is 10.4. The highest BCUT2D eigenvalue weighted by Gasteiger charge is 2.64. The monoisotopic (exact) mass is 413 g/mol. The van der Waals surface area contributed by atoms with Gasteiger partial charge >= 0.3 is 5.97 Å². The molecule has 5 rings (SSSR count). The van der Waals surface area contributed by atoms with Gasteiger partial charge in [0.15, 0.2) is 5.78 Å². The second kappa shape index (κ2) is 7.67. The van der Waals surface area contributed by atoms with E-state index in [1.807, 2.05) is 78.9 Å². The fraction of sp³-hybridized carbons (Fsp3) is 0.231. The van der Waals surface area contributed by atoms with Gasteiger partial charge < -0.3 is 9.47 Å². The van der Waals surface area contributed by atoms with Crippen LogP contribution in [0.2, 0.25) is 0 Å². The van der Waals surface area contributed by atoms with Crippen molar-refractivity contribution in [2.24, 2.45) is 5.41 Å². The summed E-state index contributed by atoms with van der Waals surface area (Å²) in [6.45, 7) is 0.169. The molecule has 2 heterocycles. The highest BCUT2D eigenvalue weighted by molar-refractivity contribution is 6.06. The number of methoxy groups -OCH3 is 1. The van der Waals surface area contributed by atoms with Crippen LogP contribution in [0.3, 0.4) is 0 Å². The minimum absolute atomic E-state index is 0.0176. The normalized spacial score (nSPS) is 26.9. The Morgan fingerprint density at radius 1 is 0.935 bits per heavy atom. The van der Waals surface area contributed by atoms with Gasteiger partial charge in [0.2, 0.25) is 0 Å². The number of carbonyl (C=O) groups is 2. The molecule has 0 amide bonds. The second-order valence-electron chi connectivity index (χ2n) is 8.05. The molecule has 0 saturated carbocycles. The van der Waals surface area contributed by atoms with Crippen LogP contribution in [0.5, 0.6) is 5.75 Å². The fourth-order valence-corrected chi connectivity index (χ4v) is 5.16. The van der Waals surface area contributed by atoms with Crippen LogP contribution in [0.25, 0.3) is 0 Å².